The number of carbonyl (C=O) groups excluding carboxylic acids is 1. The Morgan fingerprint density at radius 2 is 2.00 bits per heavy atom. The van der Waals surface area contributed by atoms with Crippen LogP contribution in [0.1, 0.15) is 35.7 Å². The zero-order chi connectivity index (χ0) is 11.3. The van der Waals surface area contributed by atoms with Crippen LogP contribution in [-0.4, -0.2) is 12.6 Å². The van der Waals surface area contributed by atoms with E-state index < -0.39 is 0 Å². The third-order valence-corrected chi connectivity index (χ3v) is 2.10. The second-order valence-corrected chi connectivity index (χ2v) is 3.56. The highest BCUT2D eigenvalue weighted by molar-refractivity contribution is 5.89. The molecule has 0 spiro atoms. The SMILES string of the molecule is C#CCOC(=O)c1ccc(C(C)C)cc1. The third kappa shape index (κ3) is 3.14. The van der Waals surface area contributed by atoms with E-state index in [0.29, 0.717) is 11.5 Å². The lowest BCUT2D eigenvalue weighted by Gasteiger charge is -2.06. The van der Waals surface area contributed by atoms with Gasteiger partial charge in [0.15, 0.2) is 6.61 Å². The standard InChI is InChI=1S/C13H14O2/c1-4-9-15-13(14)12-7-5-11(6-8-12)10(2)3/h1,5-8,10H,9H2,2-3H3. The van der Waals surface area contributed by atoms with Gasteiger partial charge in [0, 0.05) is 0 Å². The molecular weight excluding hydrogens is 188 g/mol. The molecule has 2 nitrogen and oxygen atoms in total. The van der Waals surface area contributed by atoms with E-state index in [1.165, 1.54) is 5.56 Å². The van der Waals surface area contributed by atoms with Crippen molar-refractivity contribution in [1.82, 2.24) is 0 Å². The second kappa shape index (κ2) is 5.21. The summed E-state index contributed by atoms with van der Waals surface area (Å²) in [5.41, 5.74) is 1.73. The number of carbonyl (C=O) groups is 1. The van der Waals surface area contributed by atoms with Crippen molar-refractivity contribution >= 4 is 5.97 Å². The molecule has 1 aromatic rings. The molecule has 0 unspecified atom stereocenters. The van der Waals surface area contributed by atoms with Crippen LogP contribution in [0.25, 0.3) is 0 Å². The lowest BCUT2D eigenvalue weighted by molar-refractivity contribution is 0.0557. The predicted molar refractivity (Wildman–Crippen MR) is 59.6 cm³/mol. The summed E-state index contributed by atoms with van der Waals surface area (Å²) in [6.45, 7) is 4.22. The molecule has 0 fully saturated rings. The lowest BCUT2D eigenvalue weighted by Crippen LogP contribution is -2.05. The normalized spacial score (nSPS) is 9.73. The van der Waals surface area contributed by atoms with Crippen LogP contribution in [-0.2, 0) is 4.74 Å². The number of hydrogen-bond donors (Lipinski definition) is 0. The van der Waals surface area contributed by atoms with Crippen LogP contribution in [0.3, 0.4) is 0 Å². The van der Waals surface area contributed by atoms with Gasteiger partial charge in [-0.05, 0) is 23.6 Å². The first-order valence-electron chi connectivity index (χ1n) is 4.85. The van der Waals surface area contributed by atoms with Gasteiger partial charge in [-0.2, -0.15) is 0 Å². The van der Waals surface area contributed by atoms with Gasteiger partial charge in [-0.1, -0.05) is 31.9 Å². The summed E-state index contributed by atoms with van der Waals surface area (Å²) in [6.07, 6.45) is 4.99. The Balaban J connectivity index is 2.72. The molecule has 15 heavy (non-hydrogen) atoms. The molecule has 78 valence electrons. The molecule has 0 aromatic heterocycles. The van der Waals surface area contributed by atoms with Crippen molar-refractivity contribution in [2.75, 3.05) is 6.61 Å². The van der Waals surface area contributed by atoms with Gasteiger partial charge in [-0.25, -0.2) is 4.79 Å². The van der Waals surface area contributed by atoms with Gasteiger partial charge in [-0.15, -0.1) is 6.42 Å². The number of ether oxygens (including phenoxy) is 1. The number of esters is 1. The van der Waals surface area contributed by atoms with Crippen molar-refractivity contribution in [3.63, 3.8) is 0 Å². The van der Waals surface area contributed by atoms with Crippen molar-refractivity contribution in [2.24, 2.45) is 0 Å². The first-order valence-corrected chi connectivity index (χ1v) is 4.85. The van der Waals surface area contributed by atoms with E-state index in [1.54, 1.807) is 12.1 Å². The summed E-state index contributed by atoms with van der Waals surface area (Å²) in [5, 5.41) is 0. The summed E-state index contributed by atoms with van der Waals surface area (Å²) >= 11 is 0. The highest BCUT2D eigenvalue weighted by atomic mass is 16.5. The monoisotopic (exact) mass is 202 g/mol. The first kappa shape index (κ1) is 11.3. The molecular formula is C13H14O2. The molecule has 0 heterocycles. The van der Waals surface area contributed by atoms with Gasteiger partial charge in [0.1, 0.15) is 0 Å². The van der Waals surface area contributed by atoms with Crippen molar-refractivity contribution in [3.05, 3.63) is 35.4 Å². The fourth-order valence-corrected chi connectivity index (χ4v) is 1.19. The smallest absolute Gasteiger partial charge is 0.339 e. The molecule has 0 aliphatic heterocycles. The fraction of sp³-hybridized carbons (Fsp3) is 0.308. The molecule has 1 rings (SSSR count). The molecule has 2 heteroatoms. The summed E-state index contributed by atoms with van der Waals surface area (Å²) in [5.74, 6) is 2.34. The maximum absolute atomic E-state index is 11.4. The van der Waals surface area contributed by atoms with Crippen molar-refractivity contribution in [1.29, 1.82) is 0 Å². The summed E-state index contributed by atoms with van der Waals surface area (Å²) in [6, 6.07) is 7.37. The Bertz CT molecular complexity index is 369. The highest BCUT2D eigenvalue weighted by Gasteiger charge is 2.06. The van der Waals surface area contributed by atoms with E-state index in [2.05, 4.69) is 19.8 Å². The van der Waals surface area contributed by atoms with Crippen LogP contribution in [0.2, 0.25) is 0 Å². The zero-order valence-electron chi connectivity index (χ0n) is 8.99. The molecule has 0 saturated carbocycles. The summed E-state index contributed by atoms with van der Waals surface area (Å²) < 4.78 is 4.80. The van der Waals surface area contributed by atoms with E-state index in [0.717, 1.165) is 0 Å². The van der Waals surface area contributed by atoms with Gasteiger partial charge < -0.3 is 4.74 Å². The molecule has 0 N–H and O–H groups in total. The van der Waals surface area contributed by atoms with Gasteiger partial charge in [0.05, 0.1) is 5.56 Å². The number of benzene rings is 1. The third-order valence-electron chi connectivity index (χ3n) is 2.10. The van der Waals surface area contributed by atoms with Crippen LogP contribution >= 0.6 is 0 Å². The van der Waals surface area contributed by atoms with E-state index in [9.17, 15) is 4.79 Å². The summed E-state index contributed by atoms with van der Waals surface area (Å²) in [4.78, 5) is 11.4. The average Bonchev–Trinajstić information content (AvgIpc) is 2.26. The highest BCUT2D eigenvalue weighted by Crippen LogP contribution is 2.14. The minimum Gasteiger partial charge on any atom is -0.449 e. The van der Waals surface area contributed by atoms with Gasteiger partial charge in [-0.3, -0.25) is 0 Å². The van der Waals surface area contributed by atoms with Gasteiger partial charge >= 0.3 is 5.97 Å². The largest absolute Gasteiger partial charge is 0.449 e. The molecule has 0 aliphatic carbocycles. The van der Waals surface area contributed by atoms with Crippen LogP contribution < -0.4 is 0 Å². The molecule has 0 saturated heterocycles. The fourth-order valence-electron chi connectivity index (χ4n) is 1.19. The molecule has 1 aromatic carbocycles. The van der Waals surface area contributed by atoms with Crippen molar-refractivity contribution in [3.8, 4) is 12.3 Å². The van der Waals surface area contributed by atoms with E-state index in [-0.39, 0.29) is 12.6 Å². The van der Waals surface area contributed by atoms with E-state index in [1.807, 2.05) is 12.1 Å². The Morgan fingerprint density at radius 3 is 2.47 bits per heavy atom. The topological polar surface area (TPSA) is 26.3 Å². The van der Waals surface area contributed by atoms with Crippen LogP contribution in [0.5, 0.6) is 0 Å². The Hall–Kier alpha value is -1.75. The van der Waals surface area contributed by atoms with Crippen molar-refractivity contribution < 1.29 is 9.53 Å². The average molecular weight is 202 g/mol. The lowest BCUT2D eigenvalue weighted by atomic mass is 10.0. The Morgan fingerprint density at radius 1 is 1.40 bits per heavy atom. The number of terminal acetylenes is 1. The predicted octanol–water partition coefficient (Wildman–Crippen LogP) is 2.60. The number of hydrogen-bond acceptors (Lipinski definition) is 2. The maximum atomic E-state index is 11.4. The minimum atomic E-state index is -0.372. The molecule has 0 atom stereocenters. The molecule has 0 aliphatic rings. The van der Waals surface area contributed by atoms with E-state index in [4.69, 9.17) is 11.2 Å². The van der Waals surface area contributed by atoms with Gasteiger partial charge in [0.2, 0.25) is 0 Å². The maximum Gasteiger partial charge on any atom is 0.339 e. The van der Waals surface area contributed by atoms with E-state index >= 15 is 0 Å². The molecule has 0 amide bonds. The second-order valence-electron chi connectivity index (χ2n) is 3.56. The Kier molecular flexibility index (Phi) is 3.93. The molecule has 0 radical (unpaired) electrons. The minimum absolute atomic E-state index is 0.0186. The summed E-state index contributed by atoms with van der Waals surface area (Å²) in [7, 11) is 0. The quantitative estimate of drug-likeness (QED) is 0.556. The zero-order valence-corrected chi connectivity index (χ0v) is 8.99. The van der Waals surface area contributed by atoms with Crippen LogP contribution in [0.4, 0.5) is 0 Å². The van der Waals surface area contributed by atoms with Crippen LogP contribution in [0, 0.1) is 12.3 Å². The first-order chi connectivity index (χ1) is 7.15. The van der Waals surface area contributed by atoms with Gasteiger partial charge in [0.25, 0.3) is 0 Å². The number of rotatable bonds is 3. The Labute approximate surface area is 90.3 Å². The molecule has 0 bridgehead atoms. The van der Waals surface area contributed by atoms with Crippen molar-refractivity contribution in [2.45, 2.75) is 19.8 Å². The van der Waals surface area contributed by atoms with Crippen LogP contribution in [0.15, 0.2) is 24.3 Å².